The molecular formula is C11H17F2NO3. The third-order valence-corrected chi connectivity index (χ3v) is 3.63. The molecule has 6 heteroatoms. The van der Waals surface area contributed by atoms with Gasteiger partial charge in [-0.2, -0.15) is 0 Å². The van der Waals surface area contributed by atoms with Crippen LogP contribution in [0.4, 0.5) is 8.78 Å². The molecule has 2 unspecified atom stereocenters. The number of carboxylic acid groups (broad SMARTS) is 1. The summed E-state index contributed by atoms with van der Waals surface area (Å²) in [5.74, 6) is -7.28. The van der Waals surface area contributed by atoms with Gasteiger partial charge in [0.1, 0.15) is 5.92 Å². The second-order valence-corrected chi connectivity index (χ2v) is 5.01. The molecular weight excluding hydrogens is 232 g/mol. The average Bonchev–Trinajstić information content (AvgIpc) is 2.82. The fourth-order valence-electron chi connectivity index (χ4n) is 2.51. The summed E-state index contributed by atoms with van der Waals surface area (Å²) in [6.45, 7) is 5.47. The van der Waals surface area contributed by atoms with E-state index in [1.54, 1.807) is 0 Å². The molecule has 0 radical (unpaired) electrons. The lowest BCUT2D eigenvalue weighted by molar-refractivity contribution is -0.141. The predicted octanol–water partition coefficient (Wildman–Crippen LogP) is 1.06. The minimum Gasteiger partial charge on any atom is -0.481 e. The van der Waals surface area contributed by atoms with Gasteiger partial charge in [0.2, 0.25) is 0 Å². The molecule has 17 heavy (non-hydrogen) atoms. The first-order chi connectivity index (χ1) is 7.85. The zero-order valence-corrected chi connectivity index (χ0v) is 9.90. The fraction of sp³-hybridized carbons (Fsp3) is 0.909. The molecule has 0 aromatic carbocycles. The van der Waals surface area contributed by atoms with Crippen molar-refractivity contribution < 1.29 is 23.4 Å². The van der Waals surface area contributed by atoms with Crippen LogP contribution in [0.15, 0.2) is 0 Å². The van der Waals surface area contributed by atoms with Crippen molar-refractivity contribution in [2.24, 2.45) is 11.8 Å². The van der Waals surface area contributed by atoms with Crippen molar-refractivity contribution in [3.8, 4) is 0 Å². The summed E-state index contributed by atoms with van der Waals surface area (Å²) >= 11 is 0. The van der Waals surface area contributed by atoms with Gasteiger partial charge in [-0.25, -0.2) is 8.78 Å². The first kappa shape index (κ1) is 12.7. The van der Waals surface area contributed by atoms with Crippen LogP contribution in [-0.4, -0.2) is 53.7 Å². The summed E-state index contributed by atoms with van der Waals surface area (Å²) in [6, 6.07) is 0.261. The van der Waals surface area contributed by atoms with Gasteiger partial charge < -0.3 is 9.84 Å². The number of alkyl halides is 2. The Kier molecular flexibility index (Phi) is 3.12. The Hall–Kier alpha value is -0.750. The number of ether oxygens (including phenoxy) is 1. The van der Waals surface area contributed by atoms with Crippen LogP contribution in [0.25, 0.3) is 0 Å². The van der Waals surface area contributed by atoms with Gasteiger partial charge in [0.25, 0.3) is 5.92 Å². The SMILES string of the molecule is CC(C)N1CCO[C@H](C2C(C(=O)O)C2(F)F)C1. The van der Waals surface area contributed by atoms with E-state index in [2.05, 4.69) is 0 Å². The third kappa shape index (κ3) is 2.15. The summed E-state index contributed by atoms with van der Waals surface area (Å²) in [5, 5.41) is 8.72. The lowest BCUT2D eigenvalue weighted by Gasteiger charge is -2.35. The monoisotopic (exact) mass is 249 g/mol. The maximum atomic E-state index is 13.3. The van der Waals surface area contributed by atoms with Crippen molar-refractivity contribution in [3.63, 3.8) is 0 Å². The third-order valence-electron chi connectivity index (χ3n) is 3.63. The van der Waals surface area contributed by atoms with E-state index >= 15 is 0 Å². The Morgan fingerprint density at radius 2 is 2.18 bits per heavy atom. The molecule has 98 valence electrons. The van der Waals surface area contributed by atoms with E-state index in [-0.39, 0.29) is 6.04 Å². The van der Waals surface area contributed by atoms with Crippen molar-refractivity contribution in [2.75, 3.05) is 19.7 Å². The fourth-order valence-corrected chi connectivity index (χ4v) is 2.51. The summed E-state index contributed by atoms with van der Waals surface area (Å²) < 4.78 is 32.0. The van der Waals surface area contributed by atoms with Crippen LogP contribution >= 0.6 is 0 Å². The highest BCUT2D eigenvalue weighted by atomic mass is 19.3. The molecule has 1 aliphatic carbocycles. The van der Waals surface area contributed by atoms with Gasteiger partial charge in [-0.1, -0.05) is 0 Å². The van der Waals surface area contributed by atoms with Crippen LogP contribution < -0.4 is 0 Å². The number of hydrogen-bond donors (Lipinski definition) is 1. The Morgan fingerprint density at radius 3 is 2.65 bits per heavy atom. The highest BCUT2D eigenvalue weighted by Gasteiger charge is 2.75. The van der Waals surface area contributed by atoms with Crippen molar-refractivity contribution in [3.05, 3.63) is 0 Å². The Bertz CT molecular complexity index is 322. The number of rotatable bonds is 3. The number of hydrogen-bond acceptors (Lipinski definition) is 3. The molecule has 2 fully saturated rings. The van der Waals surface area contributed by atoms with E-state index in [1.165, 1.54) is 0 Å². The zero-order chi connectivity index (χ0) is 12.8. The van der Waals surface area contributed by atoms with Gasteiger partial charge in [-0.3, -0.25) is 9.69 Å². The van der Waals surface area contributed by atoms with E-state index in [0.717, 1.165) is 0 Å². The van der Waals surface area contributed by atoms with E-state index in [1.807, 2.05) is 18.7 Å². The van der Waals surface area contributed by atoms with Crippen LogP contribution in [0.1, 0.15) is 13.8 Å². The molecule has 4 nitrogen and oxygen atoms in total. The standard InChI is InChI=1S/C11H17F2NO3/c1-6(2)14-3-4-17-7(5-14)8-9(10(15)16)11(8,12)13/h6-9H,3-5H2,1-2H3,(H,15,16)/t7-,8?,9?/m0/s1. The quantitative estimate of drug-likeness (QED) is 0.812. The summed E-state index contributed by atoms with van der Waals surface area (Å²) in [5.41, 5.74) is 0. The first-order valence-electron chi connectivity index (χ1n) is 5.82. The van der Waals surface area contributed by atoms with E-state index in [4.69, 9.17) is 9.84 Å². The molecule has 1 saturated heterocycles. The molecule has 0 amide bonds. The van der Waals surface area contributed by atoms with E-state index in [0.29, 0.717) is 19.7 Å². The lowest BCUT2D eigenvalue weighted by Crippen LogP contribution is -2.47. The summed E-state index contributed by atoms with van der Waals surface area (Å²) in [7, 11) is 0. The van der Waals surface area contributed by atoms with Gasteiger partial charge in [0, 0.05) is 19.1 Å². The van der Waals surface area contributed by atoms with Crippen LogP contribution in [0.2, 0.25) is 0 Å². The van der Waals surface area contributed by atoms with Crippen LogP contribution in [0.3, 0.4) is 0 Å². The number of aliphatic carboxylic acids is 1. The van der Waals surface area contributed by atoms with E-state index < -0.39 is 29.8 Å². The average molecular weight is 249 g/mol. The van der Waals surface area contributed by atoms with Gasteiger partial charge in [0.15, 0.2) is 0 Å². The first-order valence-corrected chi connectivity index (χ1v) is 5.82. The highest BCUT2D eigenvalue weighted by Crippen LogP contribution is 2.58. The molecule has 2 aliphatic rings. The Labute approximate surface area is 98.5 Å². The minimum absolute atomic E-state index is 0.261. The van der Waals surface area contributed by atoms with Gasteiger partial charge >= 0.3 is 5.97 Å². The molecule has 1 N–H and O–H groups in total. The number of halogens is 2. The number of nitrogens with zero attached hydrogens (tertiary/aromatic N) is 1. The smallest absolute Gasteiger partial charge is 0.313 e. The van der Waals surface area contributed by atoms with Gasteiger partial charge in [-0.05, 0) is 13.8 Å². The maximum Gasteiger partial charge on any atom is 0.313 e. The molecule has 2 rings (SSSR count). The summed E-state index contributed by atoms with van der Waals surface area (Å²) in [6.07, 6.45) is -0.665. The molecule has 3 atom stereocenters. The van der Waals surface area contributed by atoms with E-state index in [9.17, 15) is 13.6 Å². The highest BCUT2D eigenvalue weighted by molar-refractivity contribution is 5.76. The molecule has 1 aliphatic heterocycles. The van der Waals surface area contributed by atoms with Crippen molar-refractivity contribution in [1.82, 2.24) is 4.90 Å². The largest absolute Gasteiger partial charge is 0.481 e. The molecule has 0 aromatic heterocycles. The molecule has 0 bridgehead atoms. The Balaban J connectivity index is 2.02. The number of carboxylic acids is 1. The second kappa shape index (κ2) is 4.17. The second-order valence-electron chi connectivity index (χ2n) is 5.01. The molecule has 1 heterocycles. The molecule has 1 saturated carbocycles. The van der Waals surface area contributed by atoms with Crippen molar-refractivity contribution in [2.45, 2.75) is 31.9 Å². The van der Waals surface area contributed by atoms with Crippen molar-refractivity contribution >= 4 is 5.97 Å². The van der Waals surface area contributed by atoms with Crippen LogP contribution in [-0.2, 0) is 9.53 Å². The predicted molar refractivity (Wildman–Crippen MR) is 56.0 cm³/mol. The molecule has 0 spiro atoms. The molecule has 0 aromatic rings. The minimum atomic E-state index is -3.11. The lowest BCUT2D eigenvalue weighted by atomic mass is 10.1. The maximum absolute atomic E-state index is 13.3. The normalized spacial score (nSPS) is 37.1. The van der Waals surface area contributed by atoms with Gasteiger partial charge in [0.05, 0.1) is 18.6 Å². The van der Waals surface area contributed by atoms with Crippen LogP contribution in [0, 0.1) is 11.8 Å². The van der Waals surface area contributed by atoms with Crippen LogP contribution in [0.5, 0.6) is 0 Å². The number of carbonyl (C=O) groups is 1. The topological polar surface area (TPSA) is 49.8 Å². The van der Waals surface area contributed by atoms with Crippen molar-refractivity contribution in [1.29, 1.82) is 0 Å². The summed E-state index contributed by atoms with van der Waals surface area (Å²) in [4.78, 5) is 12.7. The Morgan fingerprint density at radius 1 is 1.53 bits per heavy atom. The van der Waals surface area contributed by atoms with Gasteiger partial charge in [-0.15, -0.1) is 0 Å². The zero-order valence-electron chi connectivity index (χ0n) is 9.90. The number of morpholine rings is 1.